The van der Waals surface area contributed by atoms with Crippen LogP contribution >= 0.6 is 65.8 Å². The van der Waals surface area contributed by atoms with E-state index in [1.165, 1.54) is 23.4 Å². The van der Waals surface area contributed by atoms with Crippen LogP contribution in [0.25, 0.3) is 0 Å². The molecule has 1 N–H and O–H groups in total. The van der Waals surface area contributed by atoms with Gasteiger partial charge < -0.3 is 5.32 Å². The van der Waals surface area contributed by atoms with E-state index in [2.05, 4.69) is 97.9 Å². The van der Waals surface area contributed by atoms with E-state index in [1.54, 1.807) is 11.3 Å². The number of hydrogen-bond donors (Lipinski definition) is 1. The fourth-order valence-electron chi connectivity index (χ4n) is 2.16. The van der Waals surface area contributed by atoms with E-state index < -0.39 is 0 Å². The Balaban J connectivity index is 2.46. The summed E-state index contributed by atoms with van der Waals surface area (Å²) in [4.78, 5) is 1.36. The number of nitrogens with one attached hydrogen (secondary N) is 1. The van der Waals surface area contributed by atoms with Crippen molar-refractivity contribution in [2.75, 3.05) is 6.54 Å². The molecule has 0 aliphatic heterocycles. The molecule has 1 nitrogen and oxygen atoms in total. The molecular formula is C15H16Br2INS. The van der Waals surface area contributed by atoms with Crippen LogP contribution in [0.3, 0.4) is 0 Å². The van der Waals surface area contributed by atoms with E-state index in [0.717, 1.165) is 17.4 Å². The van der Waals surface area contributed by atoms with Crippen molar-refractivity contribution in [1.82, 2.24) is 5.32 Å². The molecule has 1 aromatic carbocycles. The van der Waals surface area contributed by atoms with Crippen molar-refractivity contribution in [3.63, 3.8) is 0 Å². The predicted molar refractivity (Wildman–Crippen MR) is 104 cm³/mol. The second-order valence-electron chi connectivity index (χ2n) is 4.62. The highest BCUT2D eigenvalue weighted by atomic mass is 127. The maximum Gasteiger partial charge on any atom is 0.0704 e. The van der Waals surface area contributed by atoms with Crippen LogP contribution in [0.5, 0.6) is 0 Å². The number of rotatable bonds is 5. The molecule has 5 heteroatoms. The van der Waals surface area contributed by atoms with Crippen LogP contribution in [0.15, 0.2) is 32.5 Å². The van der Waals surface area contributed by atoms with Crippen molar-refractivity contribution >= 4 is 65.8 Å². The third kappa shape index (κ3) is 4.06. The van der Waals surface area contributed by atoms with Crippen LogP contribution in [0.4, 0.5) is 0 Å². The first-order chi connectivity index (χ1) is 9.52. The summed E-state index contributed by atoms with van der Waals surface area (Å²) in [7, 11) is 0. The summed E-state index contributed by atoms with van der Waals surface area (Å²) in [6.07, 6.45) is 1.13. The fraction of sp³-hybridized carbons (Fsp3) is 0.333. The molecule has 0 saturated heterocycles. The first-order valence-corrected chi connectivity index (χ1v) is 9.95. The van der Waals surface area contributed by atoms with Crippen molar-refractivity contribution in [3.8, 4) is 0 Å². The van der Waals surface area contributed by atoms with Gasteiger partial charge in [-0.15, -0.1) is 11.3 Å². The summed E-state index contributed by atoms with van der Waals surface area (Å²) >= 11 is 11.5. The molecule has 0 bridgehead atoms. The Morgan fingerprint density at radius 2 is 2.00 bits per heavy atom. The molecular weight excluding hydrogens is 513 g/mol. The van der Waals surface area contributed by atoms with Gasteiger partial charge in [0.25, 0.3) is 0 Å². The minimum Gasteiger partial charge on any atom is -0.306 e. The molecule has 2 aromatic rings. The first-order valence-electron chi connectivity index (χ1n) is 6.47. The monoisotopic (exact) mass is 527 g/mol. The number of aryl methyl sites for hydroxylation is 1. The van der Waals surface area contributed by atoms with Gasteiger partial charge in [-0.05, 0) is 93.8 Å². The molecule has 1 atom stereocenters. The van der Waals surface area contributed by atoms with Crippen molar-refractivity contribution in [2.45, 2.75) is 26.3 Å². The summed E-state index contributed by atoms with van der Waals surface area (Å²) in [5.74, 6) is 0. The maximum absolute atomic E-state index is 3.70. The minimum absolute atomic E-state index is 0.238. The zero-order valence-corrected chi connectivity index (χ0v) is 17.5. The lowest BCUT2D eigenvalue weighted by Gasteiger charge is -2.21. The molecule has 0 radical (unpaired) electrons. The molecule has 1 unspecified atom stereocenters. The molecule has 0 spiro atoms. The SMILES string of the molecule is CCCNC(c1cc(I)ccc1Br)c1cc(Br)sc1C. The molecule has 1 aromatic heterocycles. The van der Waals surface area contributed by atoms with Gasteiger partial charge in [-0.2, -0.15) is 0 Å². The molecule has 20 heavy (non-hydrogen) atoms. The highest BCUT2D eigenvalue weighted by molar-refractivity contribution is 14.1. The Kier molecular flexibility index (Phi) is 6.53. The van der Waals surface area contributed by atoms with Crippen LogP contribution in [0, 0.1) is 10.5 Å². The van der Waals surface area contributed by atoms with Crippen molar-refractivity contribution in [1.29, 1.82) is 0 Å². The highest BCUT2D eigenvalue weighted by Gasteiger charge is 2.20. The summed E-state index contributed by atoms with van der Waals surface area (Å²) in [5.41, 5.74) is 2.66. The molecule has 0 amide bonds. The summed E-state index contributed by atoms with van der Waals surface area (Å²) in [6, 6.07) is 8.99. The summed E-state index contributed by atoms with van der Waals surface area (Å²) < 4.78 is 3.61. The van der Waals surface area contributed by atoms with Gasteiger partial charge in [-0.1, -0.05) is 22.9 Å². The lowest BCUT2D eigenvalue weighted by Crippen LogP contribution is -2.23. The zero-order valence-electron chi connectivity index (χ0n) is 11.3. The molecule has 1 heterocycles. The second kappa shape index (κ2) is 7.72. The fourth-order valence-corrected chi connectivity index (χ4v) is 4.90. The quantitative estimate of drug-likeness (QED) is 0.451. The maximum atomic E-state index is 3.70. The largest absolute Gasteiger partial charge is 0.306 e. The Morgan fingerprint density at radius 3 is 2.60 bits per heavy atom. The molecule has 2 rings (SSSR count). The van der Waals surface area contributed by atoms with E-state index >= 15 is 0 Å². The Bertz CT molecular complexity index is 598. The topological polar surface area (TPSA) is 12.0 Å². The summed E-state index contributed by atoms with van der Waals surface area (Å²) in [6.45, 7) is 5.40. The van der Waals surface area contributed by atoms with Gasteiger partial charge in [0.1, 0.15) is 0 Å². The molecule has 108 valence electrons. The van der Waals surface area contributed by atoms with Gasteiger partial charge >= 0.3 is 0 Å². The van der Waals surface area contributed by atoms with Crippen LogP contribution in [0.2, 0.25) is 0 Å². The van der Waals surface area contributed by atoms with Gasteiger partial charge in [0.2, 0.25) is 0 Å². The van der Waals surface area contributed by atoms with Gasteiger partial charge in [-0.3, -0.25) is 0 Å². The average Bonchev–Trinajstić information content (AvgIpc) is 2.73. The van der Waals surface area contributed by atoms with Crippen LogP contribution in [-0.4, -0.2) is 6.54 Å². The van der Waals surface area contributed by atoms with E-state index in [4.69, 9.17) is 0 Å². The van der Waals surface area contributed by atoms with E-state index in [0.29, 0.717) is 0 Å². The predicted octanol–water partition coefficient (Wildman–Crippen LogP) is 6.28. The van der Waals surface area contributed by atoms with Crippen molar-refractivity contribution in [2.24, 2.45) is 0 Å². The standard InChI is InChI=1S/C15H16Br2INS/c1-3-6-19-15(11-8-14(17)20-9(11)2)12-7-10(18)4-5-13(12)16/h4-5,7-8,15,19H,3,6H2,1-2H3. The lowest BCUT2D eigenvalue weighted by molar-refractivity contribution is 0.596. The molecule has 0 fully saturated rings. The van der Waals surface area contributed by atoms with Crippen LogP contribution in [0.1, 0.15) is 35.4 Å². The van der Waals surface area contributed by atoms with Gasteiger partial charge in [-0.25, -0.2) is 0 Å². The number of benzene rings is 1. The zero-order chi connectivity index (χ0) is 14.7. The Hall–Kier alpha value is 0.570. The van der Waals surface area contributed by atoms with E-state index in [1.807, 2.05) is 0 Å². The third-order valence-electron chi connectivity index (χ3n) is 3.10. The number of halogens is 3. The Morgan fingerprint density at radius 1 is 1.25 bits per heavy atom. The number of thiophene rings is 1. The van der Waals surface area contributed by atoms with Gasteiger partial charge in [0, 0.05) is 12.9 Å². The normalized spacial score (nSPS) is 12.7. The molecule has 0 aliphatic rings. The van der Waals surface area contributed by atoms with Gasteiger partial charge in [0.05, 0.1) is 9.83 Å². The van der Waals surface area contributed by atoms with Crippen molar-refractivity contribution in [3.05, 3.63) is 52.1 Å². The number of hydrogen-bond acceptors (Lipinski definition) is 2. The van der Waals surface area contributed by atoms with Crippen LogP contribution < -0.4 is 5.32 Å². The van der Waals surface area contributed by atoms with E-state index in [9.17, 15) is 0 Å². The smallest absolute Gasteiger partial charge is 0.0704 e. The second-order valence-corrected chi connectivity index (χ2v) is 9.35. The van der Waals surface area contributed by atoms with E-state index in [-0.39, 0.29) is 6.04 Å². The third-order valence-corrected chi connectivity index (χ3v) is 6.07. The van der Waals surface area contributed by atoms with Gasteiger partial charge in [0.15, 0.2) is 0 Å². The first kappa shape index (κ1) is 16.9. The molecule has 0 aliphatic carbocycles. The van der Waals surface area contributed by atoms with Crippen LogP contribution in [-0.2, 0) is 0 Å². The minimum atomic E-state index is 0.238. The lowest BCUT2D eigenvalue weighted by atomic mass is 9.99. The highest BCUT2D eigenvalue weighted by Crippen LogP contribution is 2.36. The summed E-state index contributed by atoms with van der Waals surface area (Å²) in [5, 5.41) is 3.68. The van der Waals surface area contributed by atoms with Crippen molar-refractivity contribution < 1.29 is 0 Å². The molecule has 0 saturated carbocycles. The average molecular weight is 529 g/mol. The Labute approximate surface area is 155 Å².